The summed E-state index contributed by atoms with van der Waals surface area (Å²) in [5, 5.41) is 10.2. The maximum absolute atomic E-state index is 13.5. The average Bonchev–Trinajstić information content (AvgIpc) is 3.00. The lowest BCUT2D eigenvalue weighted by atomic mass is 9.81. The van der Waals surface area contributed by atoms with Gasteiger partial charge in [0.05, 0.1) is 12.7 Å². The van der Waals surface area contributed by atoms with Gasteiger partial charge in [0, 0.05) is 0 Å². The summed E-state index contributed by atoms with van der Waals surface area (Å²) in [4.78, 5) is 2.16. The molecule has 0 saturated heterocycles. The van der Waals surface area contributed by atoms with Gasteiger partial charge in [0.25, 0.3) is 0 Å². The Morgan fingerprint density at radius 1 is 1.19 bits per heavy atom. The third kappa shape index (κ3) is 3.68. The molecular weight excluding hydrogens is 329 g/mol. The SMILES string of the molecule is CCC(O)c1ccc2c(c1)COC2(CCCN(C)C)c1ccc(F)cc1. The first-order chi connectivity index (χ1) is 12.5. The second kappa shape index (κ2) is 7.87. The molecule has 1 heterocycles. The van der Waals surface area contributed by atoms with Gasteiger partial charge in [-0.2, -0.15) is 0 Å². The Balaban J connectivity index is 1.99. The van der Waals surface area contributed by atoms with Crippen molar-refractivity contribution < 1.29 is 14.2 Å². The summed E-state index contributed by atoms with van der Waals surface area (Å²) >= 11 is 0. The fraction of sp³-hybridized carbons (Fsp3) is 0.455. The number of rotatable bonds is 7. The van der Waals surface area contributed by atoms with Crippen LogP contribution in [0.4, 0.5) is 4.39 Å². The van der Waals surface area contributed by atoms with Crippen molar-refractivity contribution in [3.8, 4) is 0 Å². The third-order valence-electron chi connectivity index (χ3n) is 5.25. The van der Waals surface area contributed by atoms with E-state index in [1.165, 1.54) is 12.1 Å². The Morgan fingerprint density at radius 2 is 1.92 bits per heavy atom. The first-order valence-corrected chi connectivity index (χ1v) is 9.32. The van der Waals surface area contributed by atoms with Crippen LogP contribution in [0.5, 0.6) is 0 Å². The molecule has 2 aromatic rings. The molecule has 0 bridgehead atoms. The van der Waals surface area contributed by atoms with E-state index < -0.39 is 11.7 Å². The molecule has 0 aromatic heterocycles. The molecule has 3 nitrogen and oxygen atoms in total. The minimum atomic E-state index is -0.547. The van der Waals surface area contributed by atoms with Crippen molar-refractivity contribution in [2.75, 3.05) is 20.6 Å². The van der Waals surface area contributed by atoms with Crippen LogP contribution in [0.15, 0.2) is 42.5 Å². The molecule has 1 N–H and O–H groups in total. The summed E-state index contributed by atoms with van der Waals surface area (Å²) in [5.74, 6) is -0.239. The van der Waals surface area contributed by atoms with Crippen LogP contribution >= 0.6 is 0 Å². The summed E-state index contributed by atoms with van der Waals surface area (Å²) in [5.41, 5.74) is 3.62. The van der Waals surface area contributed by atoms with Gasteiger partial charge in [-0.3, -0.25) is 0 Å². The fourth-order valence-electron chi connectivity index (χ4n) is 3.80. The van der Waals surface area contributed by atoms with Gasteiger partial charge in [-0.25, -0.2) is 4.39 Å². The van der Waals surface area contributed by atoms with Crippen molar-refractivity contribution in [2.45, 2.75) is 44.5 Å². The molecule has 0 aliphatic carbocycles. The average molecular weight is 357 g/mol. The molecule has 0 spiro atoms. The van der Waals surface area contributed by atoms with Crippen molar-refractivity contribution in [3.63, 3.8) is 0 Å². The van der Waals surface area contributed by atoms with Crippen LogP contribution in [-0.4, -0.2) is 30.6 Å². The monoisotopic (exact) mass is 357 g/mol. The van der Waals surface area contributed by atoms with Crippen LogP contribution in [0.2, 0.25) is 0 Å². The molecular formula is C22H28FNO2. The minimum absolute atomic E-state index is 0.239. The molecule has 3 rings (SSSR count). The molecule has 2 aromatic carbocycles. The predicted molar refractivity (Wildman–Crippen MR) is 101 cm³/mol. The Kier molecular flexibility index (Phi) is 5.76. The highest BCUT2D eigenvalue weighted by Gasteiger charge is 2.41. The molecule has 0 radical (unpaired) electrons. The Hall–Kier alpha value is -1.75. The molecule has 26 heavy (non-hydrogen) atoms. The number of fused-ring (bicyclic) bond motifs is 1. The van der Waals surface area contributed by atoms with Gasteiger partial charge in [-0.1, -0.05) is 37.3 Å². The molecule has 0 fully saturated rings. The van der Waals surface area contributed by atoms with E-state index in [9.17, 15) is 9.50 Å². The van der Waals surface area contributed by atoms with E-state index >= 15 is 0 Å². The second-order valence-electron chi connectivity index (χ2n) is 7.37. The van der Waals surface area contributed by atoms with Crippen LogP contribution in [0, 0.1) is 5.82 Å². The first kappa shape index (κ1) is 19.0. The highest BCUT2D eigenvalue weighted by Crippen LogP contribution is 2.46. The van der Waals surface area contributed by atoms with Crippen molar-refractivity contribution in [3.05, 3.63) is 70.5 Å². The maximum atomic E-state index is 13.5. The van der Waals surface area contributed by atoms with E-state index in [-0.39, 0.29) is 5.82 Å². The van der Waals surface area contributed by atoms with Crippen LogP contribution in [0.3, 0.4) is 0 Å². The van der Waals surface area contributed by atoms with Crippen LogP contribution in [-0.2, 0) is 16.9 Å². The summed E-state index contributed by atoms with van der Waals surface area (Å²) < 4.78 is 19.8. The highest BCUT2D eigenvalue weighted by molar-refractivity contribution is 5.46. The topological polar surface area (TPSA) is 32.7 Å². The first-order valence-electron chi connectivity index (χ1n) is 9.32. The summed E-state index contributed by atoms with van der Waals surface area (Å²) in [6, 6.07) is 12.8. The summed E-state index contributed by atoms with van der Waals surface area (Å²) in [7, 11) is 4.12. The highest BCUT2D eigenvalue weighted by atomic mass is 19.1. The van der Waals surface area contributed by atoms with Gasteiger partial charge in [-0.05, 0) is 74.3 Å². The smallest absolute Gasteiger partial charge is 0.123 e. The van der Waals surface area contributed by atoms with Crippen molar-refractivity contribution in [2.24, 2.45) is 0 Å². The predicted octanol–water partition coefficient (Wildman–Crippen LogP) is 4.38. The standard InChI is InChI=1S/C22H28FNO2/c1-4-21(25)16-6-11-20-17(14-16)15-26-22(20,12-5-13-24(2)3)18-7-9-19(23)10-8-18/h6-11,14,21,25H,4-5,12-13,15H2,1-3H3. The number of benzene rings is 2. The van der Waals surface area contributed by atoms with Gasteiger partial charge in [0.15, 0.2) is 0 Å². The molecule has 4 heteroatoms. The number of hydrogen-bond acceptors (Lipinski definition) is 3. The molecule has 2 unspecified atom stereocenters. The second-order valence-corrected chi connectivity index (χ2v) is 7.37. The Labute approximate surface area is 155 Å². The number of halogens is 1. The van der Waals surface area contributed by atoms with Gasteiger partial charge in [-0.15, -0.1) is 0 Å². The molecule has 0 amide bonds. The quantitative estimate of drug-likeness (QED) is 0.798. The van der Waals surface area contributed by atoms with Crippen LogP contribution in [0.1, 0.15) is 54.5 Å². The number of aliphatic hydroxyl groups is 1. The largest absolute Gasteiger partial charge is 0.388 e. The number of hydrogen-bond donors (Lipinski definition) is 1. The van der Waals surface area contributed by atoms with E-state index in [0.717, 1.165) is 41.6 Å². The van der Waals surface area contributed by atoms with Crippen molar-refractivity contribution in [1.29, 1.82) is 0 Å². The normalized spacial score (nSPS) is 20.4. The summed E-state index contributed by atoms with van der Waals surface area (Å²) in [6.07, 6.45) is 2.05. The van der Waals surface area contributed by atoms with Crippen molar-refractivity contribution >= 4 is 0 Å². The number of ether oxygens (including phenoxy) is 1. The summed E-state index contributed by atoms with van der Waals surface area (Å²) in [6.45, 7) is 3.45. The van der Waals surface area contributed by atoms with E-state index in [2.05, 4.69) is 31.1 Å². The zero-order valence-corrected chi connectivity index (χ0v) is 15.8. The third-order valence-corrected chi connectivity index (χ3v) is 5.25. The van der Waals surface area contributed by atoms with E-state index in [1.54, 1.807) is 0 Å². The molecule has 2 atom stereocenters. The molecule has 1 aliphatic heterocycles. The van der Waals surface area contributed by atoms with Crippen molar-refractivity contribution in [1.82, 2.24) is 4.90 Å². The van der Waals surface area contributed by atoms with Gasteiger partial charge in [0.1, 0.15) is 11.4 Å². The van der Waals surface area contributed by atoms with E-state index in [1.807, 2.05) is 25.1 Å². The Morgan fingerprint density at radius 3 is 2.58 bits per heavy atom. The fourth-order valence-corrected chi connectivity index (χ4v) is 3.80. The van der Waals surface area contributed by atoms with E-state index in [0.29, 0.717) is 13.0 Å². The van der Waals surface area contributed by atoms with Gasteiger partial charge < -0.3 is 14.7 Å². The lowest BCUT2D eigenvalue weighted by molar-refractivity contribution is -0.0140. The zero-order chi connectivity index (χ0) is 18.7. The van der Waals surface area contributed by atoms with Gasteiger partial charge in [0.2, 0.25) is 0 Å². The molecule has 0 saturated carbocycles. The number of nitrogens with zero attached hydrogens (tertiary/aromatic N) is 1. The number of aliphatic hydroxyl groups excluding tert-OH is 1. The Bertz CT molecular complexity index is 744. The molecule has 140 valence electrons. The van der Waals surface area contributed by atoms with Crippen LogP contribution < -0.4 is 0 Å². The molecule has 1 aliphatic rings. The minimum Gasteiger partial charge on any atom is -0.388 e. The van der Waals surface area contributed by atoms with Gasteiger partial charge >= 0.3 is 0 Å². The van der Waals surface area contributed by atoms with Crippen LogP contribution in [0.25, 0.3) is 0 Å². The maximum Gasteiger partial charge on any atom is 0.123 e. The lowest BCUT2D eigenvalue weighted by Crippen LogP contribution is -2.28. The lowest BCUT2D eigenvalue weighted by Gasteiger charge is -2.31. The van der Waals surface area contributed by atoms with E-state index in [4.69, 9.17) is 4.74 Å². The zero-order valence-electron chi connectivity index (χ0n) is 15.8.